The molecule has 0 fully saturated rings. The highest BCUT2D eigenvalue weighted by Gasteiger charge is 2.34. The number of nitrogens with one attached hydrogen (secondary N) is 1. The molecular formula is C20H26FN5O2. The molecule has 1 unspecified atom stereocenters. The van der Waals surface area contributed by atoms with E-state index in [1.165, 1.54) is 36.1 Å². The number of esters is 1. The lowest BCUT2D eigenvalue weighted by atomic mass is 9.96. The summed E-state index contributed by atoms with van der Waals surface area (Å²) in [4.78, 5) is 12.8. The van der Waals surface area contributed by atoms with Crippen LogP contribution >= 0.6 is 0 Å². The molecule has 0 saturated heterocycles. The van der Waals surface area contributed by atoms with Gasteiger partial charge < -0.3 is 10.1 Å². The summed E-state index contributed by atoms with van der Waals surface area (Å²) in [6, 6.07) is 5.41. The SMILES string of the molecule is CCCCCCCCOC(=O)C1=C(C)Nc2nnnn2C1c1ccc(F)cc1. The number of allylic oxidation sites excluding steroid dienone is 1. The van der Waals surface area contributed by atoms with Crippen molar-refractivity contribution in [3.63, 3.8) is 0 Å². The third-order valence-electron chi connectivity index (χ3n) is 4.85. The first-order valence-corrected chi connectivity index (χ1v) is 9.80. The number of hydrogen-bond donors (Lipinski definition) is 1. The van der Waals surface area contributed by atoms with Gasteiger partial charge in [0.25, 0.3) is 0 Å². The lowest BCUT2D eigenvalue weighted by Gasteiger charge is -2.27. The van der Waals surface area contributed by atoms with E-state index in [0.29, 0.717) is 29.4 Å². The highest BCUT2D eigenvalue weighted by atomic mass is 19.1. The topological polar surface area (TPSA) is 81.9 Å². The van der Waals surface area contributed by atoms with E-state index in [9.17, 15) is 9.18 Å². The van der Waals surface area contributed by atoms with Crippen molar-refractivity contribution < 1.29 is 13.9 Å². The molecule has 3 rings (SSSR count). The zero-order valence-corrected chi connectivity index (χ0v) is 16.3. The molecule has 28 heavy (non-hydrogen) atoms. The zero-order valence-electron chi connectivity index (χ0n) is 16.3. The molecule has 7 nitrogen and oxygen atoms in total. The average Bonchev–Trinajstić information content (AvgIpc) is 3.14. The maximum absolute atomic E-state index is 13.4. The largest absolute Gasteiger partial charge is 0.462 e. The molecule has 0 aliphatic carbocycles. The van der Waals surface area contributed by atoms with Crippen LogP contribution in [-0.4, -0.2) is 32.8 Å². The molecule has 8 heteroatoms. The smallest absolute Gasteiger partial charge is 0.338 e. The molecule has 0 bridgehead atoms. The molecule has 1 atom stereocenters. The summed E-state index contributed by atoms with van der Waals surface area (Å²) < 4.78 is 20.4. The minimum absolute atomic E-state index is 0.345. The number of hydrogen-bond acceptors (Lipinski definition) is 6. The molecule has 1 N–H and O–H groups in total. The molecule has 0 spiro atoms. The molecule has 2 heterocycles. The van der Waals surface area contributed by atoms with E-state index in [1.807, 2.05) is 0 Å². The monoisotopic (exact) mass is 387 g/mol. The average molecular weight is 387 g/mol. The molecular weight excluding hydrogens is 361 g/mol. The fourth-order valence-corrected chi connectivity index (χ4v) is 3.35. The van der Waals surface area contributed by atoms with Gasteiger partial charge in [0.1, 0.15) is 11.9 Å². The van der Waals surface area contributed by atoms with Gasteiger partial charge in [-0.25, -0.2) is 9.18 Å². The number of tetrazole rings is 1. The number of rotatable bonds is 9. The van der Waals surface area contributed by atoms with Gasteiger partial charge in [-0.2, -0.15) is 4.68 Å². The van der Waals surface area contributed by atoms with Crippen molar-refractivity contribution in [1.29, 1.82) is 0 Å². The van der Waals surface area contributed by atoms with Gasteiger partial charge in [0, 0.05) is 5.70 Å². The Morgan fingerprint density at radius 3 is 2.64 bits per heavy atom. The maximum Gasteiger partial charge on any atom is 0.338 e. The first-order chi connectivity index (χ1) is 13.6. The summed E-state index contributed by atoms with van der Waals surface area (Å²) in [6.07, 6.45) is 6.70. The fourth-order valence-electron chi connectivity index (χ4n) is 3.35. The Balaban J connectivity index is 1.72. The Bertz CT molecular complexity index is 831. The van der Waals surface area contributed by atoms with Crippen LogP contribution in [0.5, 0.6) is 0 Å². The fraction of sp³-hybridized carbons (Fsp3) is 0.500. The first-order valence-electron chi connectivity index (χ1n) is 9.80. The number of fused-ring (bicyclic) bond motifs is 1. The zero-order chi connectivity index (χ0) is 19.9. The summed E-state index contributed by atoms with van der Waals surface area (Å²) in [6.45, 7) is 4.35. The molecule has 1 aliphatic heterocycles. The number of carbonyl (C=O) groups is 1. The van der Waals surface area contributed by atoms with Crippen molar-refractivity contribution >= 4 is 11.9 Å². The second kappa shape index (κ2) is 9.43. The molecule has 2 aromatic rings. The van der Waals surface area contributed by atoms with Crippen molar-refractivity contribution in [3.8, 4) is 0 Å². The number of carbonyl (C=O) groups excluding carboxylic acids is 1. The molecule has 0 radical (unpaired) electrons. The highest BCUT2D eigenvalue weighted by Crippen LogP contribution is 2.34. The van der Waals surface area contributed by atoms with E-state index in [4.69, 9.17) is 4.74 Å². The highest BCUT2D eigenvalue weighted by molar-refractivity contribution is 5.92. The van der Waals surface area contributed by atoms with E-state index in [-0.39, 0.29) is 5.82 Å². The summed E-state index contributed by atoms with van der Waals surface area (Å²) in [5.74, 6) is -0.323. The third-order valence-corrected chi connectivity index (χ3v) is 4.85. The van der Waals surface area contributed by atoms with Crippen LogP contribution < -0.4 is 5.32 Å². The predicted molar refractivity (Wildman–Crippen MR) is 103 cm³/mol. The number of nitrogens with zero attached hydrogens (tertiary/aromatic N) is 4. The molecule has 1 aromatic heterocycles. The summed E-state index contributed by atoms with van der Waals surface area (Å²) in [5, 5.41) is 14.7. The van der Waals surface area contributed by atoms with Gasteiger partial charge in [-0.05, 0) is 41.5 Å². The van der Waals surface area contributed by atoms with E-state index in [0.717, 1.165) is 19.3 Å². The van der Waals surface area contributed by atoms with Crippen molar-refractivity contribution in [2.45, 2.75) is 58.4 Å². The Morgan fingerprint density at radius 1 is 1.18 bits per heavy atom. The Morgan fingerprint density at radius 2 is 1.89 bits per heavy atom. The Labute approximate surface area is 164 Å². The van der Waals surface area contributed by atoms with Crippen LogP contribution in [0.1, 0.15) is 64.0 Å². The summed E-state index contributed by atoms with van der Waals surface area (Å²) >= 11 is 0. The van der Waals surface area contributed by atoms with Gasteiger partial charge in [0.2, 0.25) is 5.95 Å². The second-order valence-electron chi connectivity index (χ2n) is 6.97. The minimum atomic E-state index is -0.566. The predicted octanol–water partition coefficient (Wildman–Crippen LogP) is 4.00. The van der Waals surface area contributed by atoms with Crippen molar-refractivity contribution in [1.82, 2.24) is 20.2 Å². The van der Waals surface area contributed by atoms with Crippen molar-refractivity contribution in [2.75, 3.05) is 11.9 Å². The lowest BCUT2D eigenvalue weighted by molar-refractivity contribution is -0.139. The van der Waals surface area contributed by atoms with Crippen LogP contribution in [0.2, 0.25) is 0 Å². The van der Waals surface area contributed by atoms with E-state index >= 15 is 0 Å². The quantitative estimate of drug-likeness (QED) is 0.517. The molecule has 1 aromatic carbocycles. The van der Waals surface area contributed by atoms with Gasteiger partial charge in [0.05, 0.1) is 12.2 Å². The first kappa shape index (κ1) is 20.0. The number of anilines is 1. The van der Waals surface area contributed by atoms with Crippen LogP contribution in [0.4, 0.5) is 10.3 Å². The van der Waals surface area contributed by atoms with E-state index < -0.39 is 12.0 Å². The standard InChI is InChI=1S/C20H26FN5O2/c1-3-4-5-6-7-8-13-28-19(27)17-14(2)22-20-23-24-25-26(20)18(17)15-9-11-16(21)12-10-15/h9-12,18H,3-8,13H2,1-2H3,(H,22,23,25). The van der Waals surface area contributed by atoms with Gasteiger partial charge in [0.15, 0.2) is 0 Å². The maximum atomic E-state index is 13.4. The Hall–Kier alpha value is -2.77. The van der Waals surface area contributed by atoms with Crippen LogP contribution in [0.3, 0.4) is 0 Å². The number of ether oxygens (including phenoxy) is 1. The number of aromatic nitrogens is 4. The van der Waals surface area contributed by atoms with E-state index in [1.54, 1.807) is 19.1 Å². The van der Waals surface area contributed by atoms with Crippen LogP contribution in [0, 0.1) is 5.82 Å². The molecule has 0 saturated carbocycles. The van der Waals surface area contributed by atoms with Crippen LogP contribution in [0.25, 0.3) is 0 Å². The number of benzene rings is 1. The van der Waals surface area contributed by atoms with Gasteiger partial charge in [-0.15, -0.1) is 0 Å². The normalized spacial score (nSPS) is 15.9. The van der Waals surface area contributed by atoms with Crippen LogP contribution in [-0.2, 0) is 9.53 Å². The summed E-state index contributed by atoms with van der Waals surface area (Å²) in [5.41, 5.74) is 1.77. The van der Waals surface area contributed by atoms with E-state index in [2.05, 4.69) is 27.8 Å². The minimum Gasteiger partial charge on any atom is -0.462 e. The Kier molecular flexibility index (Phi) is 6.73. The lowest BCUT2D eigenvalue weighted by Crippen LogP contribution is -2.29. The van der Waals surface area contributed by atoms with Crippen molar-refractivity contribution in [2.24, 2.45) is 0 Å². The molecule has 1 aliphatic rings. The van der Waals surface area contributed by atoms with Gasteiger partial charge in [-0.3, -0.25) is 0 Å². The second-order valence-corrected chi connectivity index (χ2v) is 6.97. The third kappa shape index (κ3) is 4.55. The molecule has 150 valence electrons. The number of halogens is 1. The summed E-state index contributed by atoms with van der Waals surface area (Å²) in [7, 11) is 0. The molecule has 0 amide bonds. The van der Waals surface area contributed by atoms with Gasteiger partial charge in [-0.1, -0.05) is 56.3 Å². The van der Waals surface area contributed by atoms with Crippen molar-refractivity contribution in [3.05, 3.63) is 46.9 Å². The van der Waals surface area contributed by atoms with Crippen LogP contribution in [0.15, 0.2) is 35.5 Å². The van der Waals surface area contributed by atoms with Gasteiger partial charge >= 0.3 is 5.97 Å². The number of unbranched alkanes of at least 4 members (excludes halogenated alkanes) is 5.